The molecule has 3 aromatic rings. The molecule has 0 bridgehead atoms. The van der Waals surface area contributed by atoms with E-state index in [0.717, 1.165) is 32.7 Å². The smallest absolute Gasteiger partial charge is 0.264 e. The number of anilines is 1. The summed E-state index contributed by atoms with van der Waals surface area (Å²) in [5, 5.41) is 4.42. The van der Waals surface area contributed by atoms with Gasteiger partial charge in [0.15, 0.2) is 0 Å². The first-order chi connectivity index (χ1) is 17.2. The van der Waals surface area contributed by atoms with Crippen LogP contribution in [0.5, 0.6) is 5.75 Å². The number of thioether (sulfide) groups is 1. The Kier molecular flexibility index (Phi) is 8.23. The first kappa shape index (κ1) is 26.1. The van der Waals surface area contributed by atoms with Crippen LogP contribution in [0, 0.1) is 13.8 Å². The van der Waals surface area contributed by atoms with Crippen molar-refractivity contribution in [3.05, 3.63) is 88.4 Å². The summed E-state index contributed by atoms with van der Waals surface area (Å²) in [5.74, 6) is 2.09. The molecule has 3 aromatic carbocycles. The summed E-state index contributed by atoms with van der Waals surface area (Å²) in [6.45, 7) is 3.11. The molecule has 0 aromatic heterocycles. The number of carbonyl (C=O) groups excluding carboxylic acids is 1. The molecule has 1 fully saturated rings. The largest absolute Gasteiger partial charge is 0.489 e. The highest BCUT2D eigenvalue weighted by Crippen LogP contribution is 2.31. The monoisotopic (exact) mass is 543 g/mol. The minimum atomic E-state index is -4.05. The van der Waals surface area contributed by atoms with Gasteiger partial charge in [0, 0.05) is 16.5 Å². The molecule has 7 nitrogen and oxygen atoms in total. The molecule has 0 radical (unpaired) electrons. The second kappa shape index (κ2) is 11.4. The van der Waals surface area contributed by atoms with Crippen molar-refractivity contribution in [3.63, 3.8) is 0 Å². The second-order valence-corrected chi connectivity index (χ2v) is 11.7. The maximum Gasteiger partial charge on any atom is 0.264 e. The molecule has 10 heteroatoms. The van der Waals surface area contributed by atoms with Crippen LogP contribution in [0.4, 0.5) is 5.69 Å². The van der Waals surface area contributed by atoms with Gasteiger partial charge in [0.05, 0.1) is 16.8 Å². The van der Waals surface area contributed by atoms with Gasteiger partial charge >= 0.3 is 0 Å². The van der Waals surface area contributed by atoms with Crippen LogP contribution in [-0.2, 0) is 14.8 Å². The van der Waals surface area contributed by atoms with Crippen LogP contribution >= 0.6 is 23.4 Å². The molecule has 0 spiro atoms. The first-order valence-corrected chi connectivity index (χ1v) is 14.2. The fourth-order valence-electron chi connectivity index (χ4n) is 3.49. The van der Waals surface area contributed by atoms with Gasteiger partial charge in [-0.25, -0.2) is 13.8 Å². The summed E-state index contributed by atoms with van der Waals surface area (Å²) < 4.78 is 34.0. The lowest BCUT2D eigenvalue weighted by molar-refractivity contribution is -0.119. The zero-order valence-corrected chi connectivity index (χ0v) is 22.2. The molecular formula is C26H26ClN3O4S2. The highest BCUT2D eigenvalue weighted by molar-refractivity contribution is 8.00. The van der Waals surface area contributed by atoms with Crippen molar-refractivity contribution in [2.24, 2.45) is 5.10 Å². The number of hydrazone groups is 1. The van der Waals surface area contributed by atoms with Crippen molar-refractivity contribution in [1.29, 1.82) is 0 Å². The maximum absolute atomic E-state index is 13.5. The number of ether oxygens (including phenoxy) is 1. The summed E-state index contributed by atoms with van der Waals surface area (Å²) >= 11 is 8.10. The van der Waals surface area contributed by atoms with Gasteiger partial charge in [0.2, 0.25) is 0 Å². The summed E-state index contributed by atoms with van der Waals surface area (Å²) in [5.41, 5.74) is 4.97. The van der Waals surface area contributed by atoms with Gasteiger partial charge < -0.3 is 4.74 Å². The molecule has 1 saturated heterocycles. The number of nitrogens with one attached hydrogen (secondary N) is 1. The van der Waals surface area contributed by atoms with Gasteiger partial charge in [0.1, 0.15) is 18.4 Å². The number of rotatable bonds is 9. The Labute approximate surface area is 220 Å². The first-order valence-electron chi connectivity index (χ1n) is 11.2. The number of sulfonamides is 1. The molecule has 1 heterocycles. The Morgan fingerprint density at radius 1 is 1.14 bits per heavy atom. The highest BCUT2D eigenvalue weighted by atomic mass is 35.5. The minimum Gasteiger partial charge on any atom is -0.489 e. The van der Waals surface area contributed by atoms with E-state index in [9.17, 15) is 13.2 Å². The summed E-state index contributed by atoms with van der Waals surface area (Å²) in [7, 11) is -4.05. The third-order valence-electron chi connectivity index (χ3n) is 5.58. The van der Waals surface area contributed by atoms with Crippen molar-refractivity contribution >= 4 is 51.2 Å². The lowest BCUT2D eigenvalue weighted by Crippen LogP contribution is -2.40. The van der Waals surface area contributed by atoms with Crippen LogP contribution in [0.3, 0.4) is 0 Å². The fourth-order valence-corrected chi connectivity index (χ4v) is 5.70. The van der Waals surface area contributed by atoms with Gasteiger partial charge in [-0.2, -0.15) is 16.9 Å². The van der Waals surface area contributed by atoms with Crippen molar-refractivity contribution in [1.82, 2.24) is 5.43 Å². The van der Waals surface area contributed by atoms with Crippen LogP contribution in [0.15, 0.2) is 76.7 Å². The predicted molar refractivity (Wildman–Crippen MR) is 146 cm³/mol. The van der Waals surface area contributed by atoms with Gasteiger partial charge in [-0.3, -0.25) is 9.10 Å². The lowest BCUT2D eigenvalue weighted by Gasteiger charge is -2.26. The van der Waals surface area contributed by atoms with Crippen LogP contribution in [0.25, 0.3) is 0 Å². The topological polar surface area (TPSA) is 88.1 Å². The number of amides is 1. The van der Waals surface area contributed by atoms with Crippen LogP contribution in [0.2, 0.25) is 5.02 Å². The molecule has 1 amide bonds. The third-order valence-corrected chi connectivity index (χ3v) is 8.97. The minimum absolute atomic E-state index is 0.0745. The second-order valence-electron chi connectivity index (χ2n) is 8.35. The van der Waals surface area contributed by atoms with E-state index in [1.54, 1.807) is 37.3 Å². The van der Waals surface area contributed by atoms with Crippen molar-refractivity contribution in [3.8, 4) is 5.75 Å². The van der Waals surface area contributed by atoms with E-state index in [4.69, 9.17) is 16.3 Å². The fraction of sp³-hybridized carbons (Fsp3) is 0.231. The summed E-state index contributed by atoms with van der Waals surface area (Å²) in [4.78, 5) is 12.9. The van der Waals surface area contributed by atoms with Crippen LogP contribution in [-0.4, -0.2) is 44.7 Å². The van der Waals surface area contributed by atoms with Gasteiger partial charge in [-0.15, -0.1) is 0 Å². The summed E-state index contributed by atoms with van der Waals surface area (Å²) in [6, 6.07) is 18.8. The Bertz CT molecular complexity index is 1370. The Morgan fingerprint density at radius 3 is 2.56 bits per heavy atom. The number of nitrogens with zero attached hydrogens (tertiary/aromatic N) is 2. The van der Waals surface area contributed by atoms with E-state index < -0.39 is 22.5 Å². The molecule has 1 N–H and O–H groups in total. The van der Waals surface area contributed by atoms with Gasteiger partial charge in [-0.05, 0) is 61.4 Å². The number of hydrogen-bond acceptors (Lipinski definition) is 6. The summed E-state index contributed by atoms with van der Waals surface area (Å²) in [6.07, 6.45) is 1.71. The van der Waals surface area contributed by atoms with E-state index >= 15 is 0 Å². The SMILES string of the molecule is Cc1ccc(S(=O)(=O)N(CC(=O)N/N=C\c2cccc(OC3CSC3)c2)c2cccc(Cl)c2C)cc1. The molecule has 4 rings (SSSR count). The van der Waals surface area contributed by atoms with Crippen molar-refractivity contribution < 1.29 is 17.9 Å². The quantitative estimate of drug-likeness (QED) is 0.309. The third kappa shape index (κ3) is 6.21. The zero-order chi connectivity index (χ0) is 25.7. The van der Waals surface area contributed by atoms with Crippen LogP contribution in [0.1, 0.15) is 16.7 Å². The predicted octanol–water partition coefficient (Wildman–Crippen LogP) is 4.80. The normalized spacial score (nSPS) is 13.9. The van der Waals surface area contributed by atoms with Crippen molar-refractivity contribution in [2.45, 2.75) is 24.8 Å². The standard InChI is InChI=1S/C26H26ClN3O4S2/c1-18-9-11-23(12-10-18)36(32,33)30(25-8-4-7-24(27)19(25)2)15-26(31)29-28-14-20-5-3-6-21(13-20)34-22-16-35-17-22/h3-14,22H,15-17H2,1-2H3,(H,29,31)/b28-14-. The lowest BCUT2D eigenvalue weighted by atomic mass is 10.2. The molecule has 0 unspecified atom stereocenters. The van der Waals surface area contributed by atoms with E-state index in [0.29, 0.717) is 16.3 Å². The molecule has 0 aliphatic carbocycles. The Hall–Kier alpha value is -3.01. The average molecular weight is 544 g/mol. The molecule has 0 saturated carbocycles. The number of aryl methyl sites for hydroxylation is 1. The molecular weight excluding hydrogens is 518 g/mol. The van der Waals surface area contributed by atoms with Crippen molar-refractivity contribution in [2.75, 3.05) is 22.4 Å². The zero-order valence-electron chi connectivity index (χ0n) is 19.8. The number of hydrogen-bond donors (Lipinski definition) is 1. The van der Waals surface area contributed by atoms with E-state index in [1.807, 2.05) is 43.0 Å². The van der Waals surface area contributed by atoms with E-state index in [-0.39, 0.29) is 11.0 Å². The van der Waals surface area contributed by atoms with Crippen LogP contribution < -0.4 is 14.5 Å². The van der Waals surface area contributed by atoms with Gasteiger partial charge in [-0.1, -0.05) is 47.5 Å². The van der Waals surface area contributed by atoms with E-state index in [1.165, 1.54) is 18.3 Å². The molecule has 188 valence electrons. The maximum atomic E-state index is 13.5. The Morgan fingerprint density at radius 2 is 1.86 bits per heavy atom. The molecule has 1 aliphatic heterocycles. The van der Waals surface area contributed by atoms with E-state index in [2.05, 4.69) is 10.5 Å². The molecule has 1 aliphatic rings. The molecule has 0 atom stereocenters. The number of benzene rings is 3. The average Bonchev–Trinajstić information content (AvgIpc) is 2.82. The van der Waals surface area contributed by atoms with Gasteiger partial charge in [0.25, 0.3) is 15.9 Å². The number of halogens is 1. The Balaban J connectivity index is 1.52. The molecule has 36 heavy (non-hydrogen) atoms. The highest BCUT2D eigenvalue weighted by Gasteiger charge is 2.28. The number of carbonyl (C=O) groups is 1.